The number of esters is 1. The number of aliphatic imine (C=N–C) groups is 1. The van der Waals surface area contributed by atoms with Crippen molar-refractivity contribution in [2.24, 2.45) is 10.9 Å². The fourth-order valence-electron chi connectivity index (χ4n) is 4.05. The first kappa shape index (κ1) is 28.1. The first-order valence-electron chi connectivity index (χ1n) is 12.2. The lowest BCUT2D eigenvalue weighted by molar-refractivity contribution is -0.154. The van der Waals surface area contributed by atoms with Gasteiger partial charge in [0.1, 0.15) is 11.4 Å². The van der Waals surface area contributed by atoms with Crippen molar-refractivity contribution in [3.8, 4) is 0 Å². The SMILES string of the molecule is C=C(N=C(ON)c1cc(N(CC)CC)n(CC)n1)c1cc(C)c(CCC(=O)OC(C)(C)C)c(C)c1. The number of benzene rings is 1. The maximum Gasteiger partial charge on any atom is 0.306 e. The van der Waals surface area contributed by atoms with Crippen LogP contribution in [-0.4, -0.2) is 40.3 Å². The third kappa shape index (κ3) is 7.42. The lowest BCUT2D eigenvalue weighted by Crippen LogP contribution is -2.24. The first-order chi connectivity index (χ1) is 16.4. The van der Waals surface area contributed by atoms with Crippen LogP contribution in [0.5, 0.6) is 0 Å². The number of aromatic nitrogens is 2. The number of ether oxygens (including phenoxy) is 1. The molecule has 192 valence electrons. The molecule has 8 heteroatoms. The summed E-state index contributed by atoms with van der Waals surface area (Å²) in [6, 6.07) is 5.97. The molecule has 8 nitrogen and oxygen atoms in total. The van der Waals surface area contributed by atoms with Crippen LogP contribution >= 0.6 is 0 Å². The van der Waals surface area contributed by atoms with Gasteiger partial charge in [-0.1, -0.05) is 6.58 Å². The second-order valence-corrected chi connectivity index (χ2v) is 9.53. The zero-order valence-corrected chi connectivity index (χ0v) is 22.6. The van der Waals surface area contributed by atoms with E-state index in [0.717, 1.165) is 41.2 Å². The molecule has 0 aliphatic carbocycles. The number of nitrogens with two attached hydrogens (primary N) is 1. The molecule has 0 saturated heterocycles. The van der Waals surface area contributed by atoms with Gasteiger partial charge in [0.05, 0.1) is 5.70 Å². The minimum Gasteiger partial charge on any atom is -0.460 e. The zero-order chi connectivity index (χ0) is 26.3. The van der Waals surface area contributed by atoms with Crippen LogP contribution in [0.4, 0.5) is 5.82 Å². The Morgan fingerprint density at radius 2 is 1.74 bits per heavy atom. The molecule has 0 aliphatic heterocycles. The predicted molar refractivity (Wildman–Crippen MR) is 142 cm³/mol. The lowest BCUT2D eigenvalue weighted by atomic mass is 9.95. The molecule has 2 N–H and O–H groups in total. The summed E-state index contributed by atoms with van der Waals surface area (Å²) < 4.78 is 7.35. The Bertz CT molecular complexity index is 1050. The number of nitrogens with zero attached hydrogens (tertiary/aromatic N) is 4. The minimum atomic E-state index is -0.483. The molecular weight excluding hydrogens is 442 g/mol. The topological polar surface area (TPSA) is 95.0 Å². The fraction of sp³-hybridized carbons (Fsp3) is 0.519. The van der Waals surface area contributed by atoms with Gasteiger partial charge < -0.3 is 14.5 Å². The van der Waals surface area contributed by atoms with Crippen molar-refractivity contribution in [1.82, 2.24) is 9.78 Å². The van der Waals surface area contributed by atoms with Gasteiger partial charge in [0.15, 0.2) is 5.69 Å². The van der Waals surface area contributed by atoms with Crippen LogP contribution < -0.4 is 10.8 Å². The number of carbonyl (C=O) groups is 1. The third-order valence-corrected chi connectivity index (χ3v) is 5.74. The molecule has 1 aromatic heterocycles. The van der Waals surface area contributed by atoms with Crippen molar-refractivity contribution in [2.45, 2.75) is 80.4 Å². The van der Waals surface area contributed by atoms with Gasteiger partial charge in [0, 0.05) is 37.7 Å². The maximum atomic E-state index is 12.2. The van der Waals surface area contributed by atoms with Gasteiger partial charge in [-0.2, -0.15) is 11.0 Å². The van der Waals surface area contributed by atoms with E-state index in [1.807, 2.05) is 64.4 Å². The molecule has 0 fully saturated rings. The Labute approximate surface area is 209 Å². The van der Waals surface area contributed by atoms with Crippen molar-refractivity contribution < 1.29 is 14.4 Å². The molecule has 0 amide bonds. The van der Waals surface area contributed by atoms with E-state index in [1.54, 1.807) is 0 Å². The van der Waals surface area contributed by atoms with E-state index in [4.69, 9.17) is 15.5 Å². The summed E-state index contributed by atoms with van der Waals surface area (Å²) >= 11 is 0. The third-order valence-electron chi connectivity index (χ3n) is 5.74. The summed E-state index contributed by atoms with van der Waals surface area (Å²) in [5.74, 6) is 6.59. The van der Waals surface area contributed by atoms with Crippen LogP contribution in [0.3, 0.4) is 0 Å². The monoisotopic (exact) mass is 483 g/mol. The van der Waals surface area contributed by atoms with E-state index in [-0.39, 0.29) is 11.9 Å². The van der Waals surface area contributed by atoms with Crippen molar-refractivity contribution in [3.05, 3.63) is 52.7 Å². The minimum absolute atomic E-state index is 0.199. The zero-order valence-electron chi connectivity index (χ0n) is 22.6. The Morgan fingerprint density at radius 3 is 2.23 bits per heavy atom. The number of aryl methyl sites for hydroxylation is 3. The molecule has 0 radical (unpaired) electrons. The van der Waals surface area contributed by atoms with E-state index in [0.29, 0.717) is 30.8 Å². The normalized spacial score (nSPS) is 12.0. The van der Waals surface area contributed by atoms with E-state index < -0.39 is 5.60 Å². The number of rotatable bonds is 10. The molecule has 0 spiro atoms. The number of carbonyl (C=O) groups excluding carboxylic acids is 1. The molecule has 0 saturated carbocycles. The quantitative estimate of drug-likeness (QED) is 0.222. The molecule has 0 aliphatic rings. The average molecular weight is 484 g/mol. The van der Waals surface area contributed by atoms with Gasteiger partial charge in [-0.15, -0.1) is 0 Å². The Kier molecular flexibility index (Phi) is 9.65. The average Bonchev–Trinajstić information content (AvgIpc) is 3.20. The fourth-order valence-corrected chi connectivity index (χ4v) is 4.05. The van der Waals surface area contributed by atoms with Crippen molar-refractivity contribution in [2.75, 3.05) is 18.0 Å². The van der Waals surface area contributed by atoms with Gasteiger partial charge in [-0.25, -0.2) is 9.67 Å². The molecule has 1 aromatic carbocycles. The second-order valence-electron chi connectivity index (χ2n) is 9.53. The molecule has 0 atom stereocenters. The molecular formula is C27H41N5O3. The van der Waals surface area contributed by atoms with Crippen LogP contribution in [0, 0.1) is 13.8 Å². The first-order valence-corrected chi connectivity index (χ1v) is 12.2. The van der Waals surface area contributed by atoms with Crippen molar-refractivity contribution >= 4 is 23.4 Å². The molecule has 0 unspecified atom stereocenters. The maximum absolute atomic E-state index is 12.2. The summed E-state index contributed by atoms with van der Waals surface area (Å²) in [6.07, 6.45) is 0.944. The van der Waals surface area contributed by atoms with Gasteiger partial charge in [-0.05, 0) is 90.6 Å². The van der Waals surface area contributed by atoms with Gasteiger partial charge in [-0.3, -0.25) is 4.79 Å². The molecule has 2 rings (SSSR count). The number of hydrogen-bond acceptors (Lipinski definition) is 7. The highest BCUT2D eigenvalue weighted by Gasteiger charge is 2.19. The summed E-state index contributed by atoms with van der Waals surface area (Å²) in [5, 5.41) is 4.63. The lowest BCUT2D eigenvalue weighted by Gasteiger charge is -2.20. The summed E-state index contributed by atoms with van der Waals surface area (Å²) in [4.78, 5) is 24.1. The van der Waals surface area contributed by atoms with Crippen LogP contribution in [-0.2, 0) is 27.3 Å². The summed E-state index contributed by atoms with van der Waals surface area (Å²) in [5.41, 5.74) is 4.70. The summed E-state index contributed by atoms with van der Waals surface area (Å²) in [6.45, 7) is 22.5. The Balaban J connectivity index is 2.28. The van der Waals surface area contributed by atoms with E-state index in [2.05, 4.69) is 35.4 Å². The van der Waals surface area contributed by atoms with E-state index in [9.17, 15) is 4.79 Å². The Morgan fingerprint density at radius 1 is 1.14 bits per heavy atom. The molecule has 2 aromatic rings. The molecule has 35 heavy (non-hydrogen) atoms. The largest absolute Gasteiger partial charge is 0.460 e. The highest BCUT2D eigenvalue weighted by atomic mass is 16.6. The predicted octanol–water partition coefficient (Wildman–Crippen LogP) is 4.95. The van der Waals surface area contributed by atoms with E-state index in [1.165, 1.54) is 0 Å². The van der Waals surface area contributed by atoms with Crippen LogP contribution in [0.25, 0.3) is 5.70 Å². The summed E-state index contributed by atoms with van der Waals surface area (Å²) in [7, 11) is 0. The van der Waals surface area contributed by atoms with E-state index >= 15 is 0 Å². The Hall–Kier alpha value is -3.13. The van der Waals surface area contributed by atoms with Crippen LogP contribution in [0.2, 0.25) is 0 Å². The highest BCUT2D eigenvalue weighted by molar-refractivity contribution is 5.96. The standard InChI is InChI=1S/C27H41N5O3/c1-10-31(11-2)24-17-23(30-32(24)12-3)26(35-28)29-20(6)21-15-18(4)22(19(5)16-21)13-14-25(33)34-27(7,8)9/h15-17H,6,10-14,28H2,1-5,7-9H3. The van der Waals surface area contributed by atoms with Crippen molar-refractivity contribution in [3.63, 3.8) is 0 Å². The number of hydrogen-bond donors (Lipinski definition) is 1. The number of anilines is 1. The van der Waals surface area contributed by atoms with Gasteiger partial charge in [0.25, 0.3) is 5.90 Å². The van der Waals surface area contributed by atoms with Gasteiger partial charge >= 0.3 is 5.97 Å². The second kappa shape index (κ2) is 12.0. The van der Waals surface area contributed by atoms with Gasteiger partial charge in [0.2, 0.25) is 0 Å². The van der Waals surface area contributed by atoms with Crippen LogP contribution in [0.15, 0.2) is 29.8 Å². The molecule has 0 bridgehead atoms. The highest BCUT2D eigenvalue weighted by Crippen LogP contribution is 2.25. The molecule has 1 heterocycles. The van der Waals surface area contributed by atoms with Crippen molar-refractivity contribution in [1.29, 1.82) is 0 Å². The smallest absolute Gasteiger partial charge is 0.306 e. The van der Waals surface area contributed by atoms with Crippen LogP contribution in [0.1, 0.15) is 75.9 Å².